The number of carboxylic acid groups (broad SMARTS) is 1. The van der Waals surface area contributed by atoms with Crippen LogP contribution in [0.4, 0.5) is 11.4 Å². The summed E-state index contributed by atoms with van der Waals surface area (Å²) in [6.45, 7) is 6.44. The fraction of sp³-hybridized carbons (Fsp3) is 0.171. The SMILES string of the molecule is C=CC(=O)N(CCCOc1ccc(CC(Nc2ccccc2OC(=O)c2ccccc2)C(=O)O)cc1)c1ccccc1C. The minimum atomic E-state index is -1.04. The molecule has 8 heteroatoms. The van der Waals surface area contributed by atoms with Gasteiger partial charge in [0.15, 0.2) is 5.75 Å². The van der Waals surface area contributed by atoms with Crippen molar-refractivity contribution in [3.8, 4) is 11.5 Å². The van der Waals surface area contributed by atoms with Crippen LogP contribution >= 0.6 is 0 Å². The lowest BCUT2D eigenvalue weighted by atomic mass is 10.1. The average molecular weight is 579 g/mol. The molecular formula is C35H34N2O6. The molecule has 220 valence electrons. The number of carbonyl (C=O) groups is 3. The molecule has 0 radical (unpaired) electrons. The monoisotopic (exact) mass is 578 g/mol. The van der Waals surface area contributed by atoms with Crippen molar-refractivity contribution in [3.05, 3.63) is 132 Å². The summed E-state index contributed by atoms with van der Waals surface area (Å²) >= 11 is 0. The molecule has 0 fully saturated rings. The van der Waals surface area contributed by atoms with Gasteiger partial charge in [0, 0.05) is 18.7 Å². The fourth-order valence-electron chi connectivity index (χ4n) is 4.49. The molecule has 0 aliphatic rings. The number of carbonyl (C=O) groups excluding carboxylic acids is 2. The van der Waals surface area contributed by atoms with E-state index in [1.807, 2.05) is 43.3 Å². The van der Waals surface area contributed by atoms with Crippen molar-refractivity contribution in [2.45, 2.75) is 25.8 Å². The van der Waals surface area contributed by atoms with Crippen LogP contribution in [-0.2, 0) is 16.0 Å². The average Bonchev–Trinajstić information content (AvgIpc) is 3.03. The number of nitrogens with one attached hydrogen (secondary N) is 1. The lowest BCUT2D eigenvalue weighted by Crippen LogP contribution is -2.31. The first-order valence-corrected chi connectivity index (χ1v) is 13.9. The highest BCUT2D eigenvalue weighted by Crippen LogP contribution is 2.27. The molecule has 4 aromatic rings. The van der Waals surface area contributed by atoms with E-state index in [1.165, 1.54) is 6.08 Å². The number of carboxylic acids is 1. The summed E-state index contributed by atoms with van der Waals surface area (Å²) in [6, 6.07) is 29.2. The van der Waals surface area contributed by atoms with Crippen molar-refractivity contribution in [3.63, 3.8) is 0 Å². The smallest absolute Gasteiger partial charge is 0.343 e. The van der Waals surface area contributed by atoms with Crippen LogP contribution in [0.3, 0.4) is 0 Å². The Morgan fingerprint density at radius 3 is 2.28 bits per heavy atom. The molecule has 1 unspecified atom stereocenters. The van der Waals surface area contributed by atoms with Crippen molar-refractivity contribution in [2.75, 3.05) is 23.4 Å². The number of amides is 1. The van der Waals surface area contributed by atoms with Crippen molar-refractivity contribution in [2.24, 2.45) is 0 Å². The standard InChI is InChI=1S/C35H34N2O6/c1-3-33(38)37(31-16-9-7-12-25(31)2)22-11-23-42-28-20-18-26(19-21-28)24-30(34(39)40)36-29-15-8-10-17-32(29)43-35(41)27-13-5-4-6-14-27/h3-10,12-21,30,36H,1,11,22-24H2,2H3,(H,39,40). The number of para-hydroxylation sites is 3. The number of anilines is 2. The van der Waals surface area contributed by atoms with Crippen LogP contribution in [0.1, 0.15) is 27.9 Å². The van der Waals surface area contributed by atoms with E-state index in [2.05, 4.69) is 11.9 Å². The van der Waals surface area contributed by atoms with Gasteiger partial charge in [-0.2, -0.15) is 0 Å². The zero-order chi connectivity index (χ0) is 30.6. The number of rotatable bonds is 14. The second-order valence-corrected chi connectivity index (χ2v) is 9.82. The topological polar surface area (TPSA) is 105 Å². The Morgan fingerprint density at radius 2 is 1.58 bits per heavy atom. The van der Waals surface area contributed by atoms with E-state index in [0.29, 0.717) is 36.6 Å². The van der Waals surface area contributed by atoms with Crippen LogP contribution in [0, 0.1) is 6.92 Å². The lowest BCUT2D eigenvalue weighted by Gasteiger charge is -2.23. The zero-order valence-electron chi connectivity index (χ0n) is 23.9. The number of hydrogen-bond acceptors (Lipinski definition) is 6. The third-order valence-corrected chi connectivity index (χ3v) is 6.73. The Bertz CT molecular complexity index is 1550. The van der Waals surface area contributed by atoms with E-state index in [4.69, 9.17) is 9.47 Å². The zero-order valence-corrected chi connectivity index (χ0v) is 23.9. The normalized spacial score (nSPS) is 11.2. The third-order valence-electron chi connectivity index (χ3n) is 6.73. The van der Waals surface area contributed by atoms with E-state index in [-0.39, 0.29) is 18.1 Å². The summed E-state index contributed by atoms with van der Waals surface area (Å²) in [4.78, 5) is 38.8. The number of aliphatic carboxylic acids is 1. The maximum absolute atomic E-state index is 12.6. The van der Waals surface area contributed by atoms with Crippen LogP contribution in [-0.4, -0.2) is 42.1 Å². The molecule has 0 aliphatic heterocycles. The Morgan fingerprint density at radius 1 is 0.907 bits per heavy atom. The van der Waals surface area contributed by atoms with Gasteiger partial charge in [0.25, 0.3) is 0 Å². The Balaban J connectivity index is 1.33. The molecule has 0 spiro atoms. The second kappa shape index (κ2) is 15.0. The van der Waals surface area contributed by atoms with Crippen molar-refractivity contribution in [1.82, 2.24) is 0 Å². The van der Waals surface area contributed by atoms with Gasteiger partial charge in [-0.05, 0) is 73.0 Å². The number of esters is 1. The summed E-state index contributed by atoms with van der Waals surface area (Å²) in [5.74, 6) is -0.872. The van der Waals surface area contributed by atoms with Gasteiger partial charge in [0.1, 0.15) is 11.8 Å². The van der Waals surface area contributed by atoms with Gasteiger partial charge < -0.3 is 24.8 Å². The second-order valence-electron chi connectivity index (χ2n) is 9.82. The number of nitrogens with zero attached hydrogens (tertiary/aromatic N) is 1. The summed E-state index contributed by atoms with van der Waals surface area (Å²) in [5.41, 5.74) is 3.42. The Labute approximate surface area is 251 Å². The van der Waals surface area contributed by atoms with E-state index in [9.17, 15) is 19.5 Å². The minimum absolute atomic E-state index is 0.169. The molecule has 8 nitrogen and oxygen atoms in total. The van der Waals surface area contributed by atoms with E-state index < -0.39 is 18.0 Å². The quantitative estimate of drug-likeness (QED) is 0.0782. The van der Waals surface area contributed by atoms with Gasteiger partial charge in [0.2, 0.25) is 5.91 Å². The molecule has 43 heavy (non-hydrogen) atoms. The van der Waals surface area contributed by atoms with Crippen LogP contribution in [0.25, 0.3) is 0 Å². The molecule has 0 saturated carbocycles. The van der Waals surface area contributed by atoms with Gasteiger partial charge in [0.05, 0.1) is 17.9 Å². The maximum Gasteiger partial charge on any atom is 0.343 e. The molecule has 0 bridgehead atoms. The highest BCUT2D eigenvalue weighted by atomic mass is 16.5. The van der Waals surface area contributed by atoms with Crippen molar-refractivity contribution >= 4 is 29.2 Å². The minimum Gasteiger partial charge on any atom is -0.494 e. The van der Waals surface area contributed by atoms with Crippen LogP contribution in [0.15, 0.2) is 116 Å². The van der Waals surface area contributed by atoms with E-state index >= 15 is 0 Å². The van der Waals surface area contributed by atoms with Gasteiger partial charge in [-0.15, -0.1) is 0 Å². The van der Waals surface area contributed by atoms with Crippen molar-refractivity contribution in [1.29, 1.82) is 0 Å². The maximum atomic E-state index is 12.6. The molecule has 4 rings (SSSR count). The molecule has 2 N–H and O–H groups in total. The molecule has 1 atom stereocenters. The third kappa shape index (κ3) is 8.56. The number of hydrogen-bond donors (Lipinski definition) is 2. The molecular weight excluding hydrogens is 544 g/mol. The van der Waals surface area contributed by atoms with Gasteiger partial charge in [-0.25, -0.2) is 9.59 Å². The van der Waals surface area contributed by atoms with Crippen LogP contribution in [0.2, 0.25) is 0 Å². The first-order valence-electron chi connectivity index (χ1n) is 13.9. The van der Waals surface area contributed by atoms with E-state index in [1.54, 1.807) is 71.6 Å². The molecule has 1 amide bonds. The van der Waals surface area contributed by atoms with Gasteiger partial charge in [-0.1, -0.05) is 67.2 Å². The first kappa shape index (κ1) is 30.6. The summed E-state index contributed by atoms with van der Waals surface area (Å²) < 4.78 is 11.4. The summed E-state index contributed by atoms with van der Waals surface area (Å²) in [7, 11) is 0. The highest BCUT2D eigenvalue weighted by molar-refractivity contribution is 6.01. The van der Waals surface area contributed by atoms with Crippen molar-refractivity contribution < 1.29 is 29.0 Å². The highest BCUT2D eigenvalue weighted by Gasteiger charge is 2.21. The number of aryl methyl sites for hydroxylation is 1. The predicted molar refractivity (Wildman–Crippen MR) is 167 cm³/mol. The molecule has 0 aromatic heterocycles. The number of benzene rings is 4. The Kier molecular flexibility index (Phi) is 10.7. The van der Waals surface area contributed by atoms with Gasteiger partial charge in [-0.3, -0.25) is 4.79 Å². The molecule has 0 aliphatic carbocycles. The summed E-state index contributed by atoms with van der Waals surface area (Å²) in [5, 5.41) is 12.9. The van der Waals surface area contributed by atoms with Crippen LogP contribution < -0.4 is 19.7 Å². The number of ether oxygens (including phenoxy) is 2. The van der Waals surface area contributed by atoms with Crippen LogP contribution in [0.5, 0.6) is 11.5 Å². The molecule has 0 saturated heterocycles. The predicted octanol–water partition coefficient (Wildman–Crippen LogP) is 6.31. The molecule has 0 heterocycles. The lowest BCUT2D eigenvalue weighted by molar-refractivity contribution is -0.137. The molecule has 4 aromatic carbocycles. The van der Waals surface area contributed by atoms with Gasteiger partial charge >= 0.3 is 11.9 Å². The first-order chi connectivity index (χ1) is 20.9. The fourth-order valence-corrected chi connectivity index (χ4v) is 4.49. The largest absolute Gasteiger partial charge is 0.494 e. The Hall–Kier alpha value is -5.37. The van der Waals surface area contributed by atoms with E-state index in [0.717, 1.165) is 16.8 Å². The summed E-state index contributed by atoms with van der Waals surface area (Å²) in [6.07, 6.45) is 2.10.